The summed E-state index contributed by atoms with van der Waals surface area (Å²) in [5.41, 5.74) is 4.16. The Morgan fingerprint density at radius 3 is 2.41 bits per heavy atom. The average molecular weight is 483 g/mol. The molecule has 0 bridgehead atoms. The Morgan fingerprint density at radius 1 is 1.06 bits per heavy atom. The minimum absolute atomic E-state index is 0.238. The highest BCUT2D eigenvalue weighted by Gasteiger charge is 2.23. The van der Waals surface area contributed by atoms with Gasteiger partial charge in [-0.15, -0.1) is 11.3 Å². The summed E-state index contributed by atoms with van der Waals surface area (Å²) < 4.78 is 12.4. The second-order valence-electron chi connectivity index (χ2n) is 8.36. The summed E-state index contributed by atoms with van der Waals surface area (Å²) in [6.07, 6.45) is 0.687. The lowest BCUT2D eigenvalue weighted by atomic mass is 10.0. The summed E-state index contributed by atoms with van der Waals surface area (Å²) in [6.45, 7) is 9.36. The van der Waals surface area contributed by atoms with E-state index < -0.39 is 24.5 Å². The molecule has 34 heavy (non-hydrogen) atoms. The van der Waals surface area contributed by atoms with Gasteiger partial charge in [0.2, 0.25) is 0 Å². The van der Waals surface area contributed by atoms with Crippen LogP contribution in [0.4, 0.5) is 5.00 Å². The van der Waals surface area contributed by atoms with Crippen molar-refractivity contribution < 1.29 is 23.9 Å². The maximum absolute atomic E-state index is 12.7. The molecule has 1 N–H and O–H groups in total. The number of amides is 1. The first-order chi connectivity index (χ1) is 16.2. The zero-order chi connectivity index (χ0) is 24.8. The molecule has 0 saturated heterocycles. The minimum Gasteiger partial charge on any atom is -0.462 e. The molecule has 0 spiro atoms. The van der Waals surface area contributed by atoms with Crippen molar-refractivity contribution in [2.75, 3.05) is 18.5 Å². The van der Waals surface area contributed by atoms with E-state index in [9.17, 15) is 14.4 Å². The summed E-state index contributed by atoms with van der Waals surface area (Å²) in [5, 5.41) is 4.96. The number of nitrogens with zero attached hydrogens (tertiary/aromatic N) is 1. The third-order valence-corrected chi connectivity index (χ3v) is 6.17. The van der Waals surface area contributed by atoms with Crippen LogP contribution in [0.1, 0.15) is 58.4 Å². The molecule has 0 aliphatic heterocycles. The lowest BCUT2D eigenvalue weighted by molar-refractivity contribution is -0.119. The first kappa shape index (κ1) is 25.2. The topological polar surface area (TPSA) is 86.6 Å². The normalized spacial score (nSPS) is 10.9. The second-order valence-corrected chi connectivity index (χ2v) is 9.24. The van der Waals surface area contributed by atoms with Gasteiger partial charge in [-0.2, -0.15) is 0 Å². The first-order valence-corrected chi connectivity index (χ1v) is 12.1. The van der Waals surface area contributed by atoms with E-state index in [1.54, 1.807) is 13.0 Å². The number of hydrogen-bond acceptors (Lipinski definition) is 6. The number of thiophene rings is 1. The molecule has 0 aliphatic rings. The maximum Gasteiger partial charge on any atom is 0.341 e. The van der Waals surface area contributed by atoms with Crippen molar-refractivity contribution in [1.29, 1.82) is 0 Å². The van der Waals surface area contributed by atoms with E-state index in [1.807, 2.05) is 54.1 Å². The lowest BCUT2D eigenvalue weighted by Gasteiger charge is -2.11. The van der Waals surface area contributed by atoms with E-state index in [-0.39, 0.29) is 6.61 Å². The largest absolute Gasteiger partial charge is 0.462 e. The van der Waals surface area contributed by atoms with E-state index in [1.165, 1.54) is 11.3 Å². The van der Waals surface area contributed by atoms with Crippen molar-refractivity contribution in [2.24, 2.45) is 5.92 Å². The number of anilines is 1. The number of carbonyl (C=O) groups is 3. The van der Waals surface area contributed by atoms with Crippen LogP contribution in [0.5, 0.6) is 0 Å². The monoisotopic (exact) mass is 482 g/mol. The number of rotatable bonds is 9. The molecule has 1 amide bonds. The van der Waals surface area contributed by atoms with Gasteiger partial charge in [-0.1, -0.05) is 32.0 Å². The predicted octanol–water partition coefficient (Wildman–Crippen LogP) is 5.33. The number of ether oxygens (including phenoxy) is 2. The van der Waals surface area contributed by atoms with Gasteiger partial charge in [-0.25, -0.2) is 9.59 Å². The fourth-order valence-electron chi connectivity index (χ4n) is 3.82. The number of esters is 2. The average Bonchev–Trinajstić information content (AvgIpc) is 3.31. The van der Waals surface area contributed by atoms with Gasteiger partial charge in [0.25, 0.3) is 5.91 Å². The molecule has 0 radical (unpaired) electrons. The number of aromatic nitrogens is 1. The Labute approximate surface area is 203 Å². The highest BCUT2D eigenvalue weighted by Crippen LogP contribution is 2.31. The van der Waals surface area contributed by atoms with Crippen molar-refractivity contribution in [2.45, 2.75) is 41.0 Å². The Hall–Kier alpha value is -3.39. The Balaban J connectivity index is 1.70. The molecule has 3 aromatic rings. The van der Waals surface area contributed by atoms with Crippen LogP contribution in [0.2, 0.25) is 0 Å². The molecule has 2 heterocycles. The highest BCUT2D eigenvalue weighted by molar-refractivity contribution is 7.15. The van der Waals surface area contributed by atoms with Crippen LogP contribution in [-0.4, -0.2) is 35.6 Å². The minimum atomic E-state index is -0.581. The molecule has 3 rings (SSSR count). The van der Waals surface area contributed by atoms with Crippen LogP contribution in [-0.2, 0) is 20.7 Å². The molecular formula is C26H30N2O5S. The van der Waals surface area contributed by atoms with Gasteiger partial charge in [0.15, 0.2) is 6.61 Å². The summed E-state index contributed by atoms with van der Waals surface area (Å²) in [5.74, 6) is -1.24. The third kappa shape index (κ3) is 5.75. The number of aryl methyl sites for hydroxylation is 1. The van der Waals surface area contributed by atoms with Crippen LogP contribution in [0.25, 0.3) is 5.69 Å². The maximum atomic E-state index is 12.7. The molecule has 0 fully saturated rings. The van der Waals surface area contributed by atoms with E-state index in [4.69, 9.17) is 9.47 Å². The molecule has 180 valence electrons. The number of nitrogens with one attached hydrogen (secondary N) is 1. The molecule has 0 atom stereocenters. The smallest absolute Gasteiger partial charge is 0.341 e. The van der Waals surface area contributed by atoms with E-state index in [2.05, 4.69) is 19.2 Å². The molecule has 8 heteroatoms. The van der Waals surface area contributed by atoms with Crippen LogP contribution in [0, 0.1) is 19.8 Å². The SMILES string of the molecule is CCOC(=O)c1c(CC(C)C)csc1NC(=O)COC(=O)c1cc(C)n(-c2ccccc2)c1C. The molecule has 1 aromatic carbocycles. The van der Waals surface area contributed by atoms with E-state index in [0.29, 0.717) is 28.5 Å². The molecule has 0 unspecified atom stereocenters. The van der Waals surface area contributed by atoms with Crippen molar-refractivity contribution >= 4 is 34.2 Å². The Kier molecular flexibility index (Phi) is 8.28. The quantitative estimate of drug-likeness (QED) is 0.417. The van der Waals surface area contributed by atoms with E-state index in [0.717, 1.165) is 22.6 Å². The predicted molar refractivity (Wildman–Crippen MR) is 133 cm³/mol. The van der Waals surface area contributed by atoms with Crippen molar-refractivity contribution in [3.8, 4) is 5.69 Å². The first-order valence-electron chi connectivity index (χ1n) is 11.2. The molecule has 2 aromatic heterocycles. The zero-order valence-corrected chi connectivity index (χ0v) is 21.0. The summed E-state index contributed by atoms with van der Waals surface area (Å²) >= 11 is 1.26. The zero-order valence-electron chi connectivity index (χ0n) is 20.1. The second kappa shape index (κ2) is 11.2. The van der Waals surface area contributed by atoms with Gasteiger partial charge < -0.3 is 19.4 Å². The molecule has 0 saturated carbocycles. The van der Waals surface area contributed by atoms with Crippen molar-refractivity contribution in [1.82, 2.24) is 4.57 Å². The van der Waals surface area contributed by atoms with Gasteiger partial charge in [0, 0.05) is 17.1 Å². The summed E-state index contributed by atoms with van der Waals surface area (Å²) in [6, 6.07) is 11.4. The number of para-hydroxylation sites is 1. The number of carbonyl (C=O) groups excluding carboxylic acids is 3. The van der Waals surface area contributed by atoms with Crippen molar-refractivity contribution in [3.63, 3.8) is 0 Å². The van der Waals surface area contributed by atoms with Gasteiger partial charge in [0.1, 0.15) is 5.00 Å². The van der Waals surface area contributed by atoms with Crippen LogP contribution in [0.3, 0.4) is 0 Å². The fourth-order valence-corrected chi connectivity index (χ4v) is 4.80. The number of hydrogen-bond donors (Lipinski definition) is 1. The summed E-state index contributed by atoms with van der Waals surface area (Å²) in [7, 11) is 0. The van der Waals surface area contributed by atoms with E-state index >= 15 is 0 Å². The molecule has 0 aliphatic carbocycles. The Bertz CT molecular complexity index is 1180. The Morgan fingerprint density at radius 2 is 1.76 bits per heavy atom. The van der Waals surface area contributed by atoms with Crippen LogP contribution < -0.4 is 5.32 Å². The van der Waals surface area contributed by atoms with Gasteiger partial charge in [-0.3, -0.25) is 4.79 Å². The van der Waals surface area contributed by atoms with Crippen molar-refractivity contribution in [3.05, 3.63) is 69.9 Å². The van der Waals surface area contributed by atoms with Crippen LogP contribution >= 0.6 is 11.3 Å². The molecule has 7 nitrogen and oxygen atoms in total. The van der Waals surface area contributed by atoms with Crippen LogP contribution in [0.15, 0.2) is 41.8 Å². The number of benzene rings is 1. The third-order valence-electron chi connectivity index (χ3n) is 5.23. The highest BCUT2D eigenvalue weighted by atomic mass is 32.1. The fraction of sp³-hybridized carbons (Fsp3) is 0.346. The van der Waals surface area contributed by atoms with Gasteiger partial charge >= 0.3 is 11.9 Å². The van der Waals surface area contributed by atoms with Gasteiger partial charge in [0.05, 0.1) is 17.7 Å². The lowest BCUT2D eigenvalue weighted by Crippen LogP contribution is -2.22. The standard InChI is InChI=1S/C26H30N2O5S/c1-6-32-26(31)23-19(12-16(2)3)15-34-24(23)27-22(29)14-33-25(30)21-13-17(4)28(18(21)5)20-10-8-7-9-11-20/h7-11,13,15-16H,6,12,14H2,1-5H3,(H,27,29). The summed E-state index contributed by atoms with van der Waals surface area (Å²) in [4.78, 5) is 37.8. The van der Waals surface area contributed by atoms with Gasteiger partial charge in [-0.05, 0) is 62.3 Å². The molecular weight excluding hydrogens is 452 g/mol.